The maximum atomic E-state index is 13.5. The van der Waals surface area contributed by atoms with Crippen molar-refractivity contribution in [1.82, 2.24) is 14.5 Å². The molecule has 2 aromatic heterocycles. The lowest BCUT2D eigenvalue weighted by Crippen LogP contribution is -3.00. The molecule has 0 radical (unpaired) electrons. The van der Waals surface area contributed by atoms with Crippen LogP contribution in [0.1, 0.15) is 55.5 Å². The molecule has 0 bridgehead atoms. The van der Waals surface area contributed by atoms with Crippen LogP contribution in [-0.4, -0.2) is 45.9 Å². The van der Waals surface area contributed by atoms with Crippen LogP contribution in [-0.2, 0) is 41.0 Å². The zero-order valence-corrected chi connectivity index (χ0v) is 23.9. The molecule has 39 heavy (non-hydrogen) atoms. The minimum atomic E-state index is -0.784. The van der Waals surface area contributed by atoms with Gasteiger partial charge in [-0.15, -0.1) is 0 Å². The molecule has 0 fully saturated rings. The van der Waals surface area contributed by atoms with E-state index in [0.29, 0.717) is 19.5 Å². The number of nitrogens with zero attached hydrogens (tertiary/aromatic N) is 3. The van der Waals surface area contributed by atoms with Crippen LogP contribution in [0.5, 0.6) is 0 Å². The lowest BCUT2D eigenvalue weighted by molar-refractivity contribution is -0.732. The van der Waals surface area contributed by atoms with Gasteiger partial charge in [0.1, 0.15) is 24.5 Å². The Labute approximate surface area is 234 Å². The van der Waals surface area contributed by atoms with Crippen molar-refractivity contribution in [1.29, 1.82) is 0 Å². The average molecular weight is 561 g/mol. The minimum absolute atomic E-state index is 0. The predicted molar refractivity (Wildman–Crippen MR) is 140 cm³/mol. The highest BCUT2D eigenvalue weighted by Crippen LogP contribution is 2.34. The van der Waals surface area contributed by atoms with E-state index in [1.165, 1.54) is 0 Å². The predicted octanol–water partition coefficient (Wildman–Crippen LogP) is 1.05. The van der Waals surface area contributed by atoms with E-state index in [1.54, 1.807) is 25.3 Å². The van der Waals surface area contributed by atoms with Crippen molar-refractivity contribution in [3.05, 3.63) is 53.7 Å². The number of amides is 1. The zero-order chi connectivity index (χ0) is 27.4. The van der Waals surface area contributed by atoms with Gasteiger partial charge in [-0.05, 0) is 46.1 Å². The second kappa shape index (κ2) is 12.5. The van der Waals surface area contributed by atoms with Gasteiger partial charge in [0, 0.05) is 42.7 Å². The molecule has 0 saturated carbocycles. The fourth-order valence-corrected chi connectivity index (χ4v) is 4.84. The molecule has 0 spiro atoms. The third-order valence-electron chi connectivity index (χ3n) is 6.78. The first-order valence-electron chi connectivity index (χ1n) is 13.0. The van der Waals surface area contributed by atoms with Gasteiger partial charge >= 0.3 is 12.2 Å². The summed E-state index contributed by atoms with van der Waals surface area (Å²) in [5.74, 6) is 0.938. The largest absolute Gasteiger partial charge is 1.00 e. The summed E-state index contributed by atoms with van der Waals surface area (Å²) in [5.41, 5.74) is 2.49. The summed E-state index contributed by atoms with van der Waals surface area (Å²) in [6, 6.07) is 8.06. The smallest absolute Gasteiger partial charge is 0.511 e. The van der Waals surface area contributed by atoms with E-state index in [1.807, 2.05) is 49.1 Å². The quantitative estimate of drug-likeness (QED) is 0.251. The molecule has 0 saturated heterocycles. The number of ether oxygens (including phenoxy) is 3. The molecule has 2 heterocycles. The van der Waals surface area contributed by atoms with E-state index < -0.39 is 17.8 Å². The summed E-state index contributed by atoms with van der Waals surface area (Å²) in [6.07, 6.45) is 4.52. The standard InChI is InChI=1S/C28H36N4O6.ClH/c1-19-31(17-20-11-12-23-24(25(20)33)21-9-6-7-10-22(21)30(23)5)14-15-32(19)18-37-27(35)36-16-8-13-29-26(34)38-28(2,3)4;/h6-7,9-10,14-15,20H,8,11-13,16-18H2,1-5H3;1H. The first-order chi connectivity index (χ1) is 18.0. The Morgan fingerprint density at radius 1 is 1.18 bits per heavy atom. The Morgan fingerprint density at radius 2 is 1.92 bits per heavy atom. The number of aryl methyl sites for hydroxylation is 1. The summed E-state index contributed by atoms with van der Waals surface area (Å²) in [4.78, 5) is 37.1. The number of carbonyl (C=O) groups excluding carboxylic acids is 3. The first kappa shape index (κ1) is 30.0. The number of fused-ring (bicyclic) bond motifs is 3. The summed E-state index contributed by atoms with van der Waals surface area (Å²) in [6.45, 7) is 8.28. The summed E-state index contributed by atoms with van der Waals surface area (Å²) in [5, 5.41) is 3.63. The van der Waals surface area contributed by atoms with Crippen LogP contribution in [0.2, 0.25) is 0 Å². The number of hydrogen-bond acceptors (Lipinski definition) is 6. The topological polar surface area (TPSA) is 105 Å². The number of para-hydroxylation sites is 1. The van der Waals surface area contributed by atoms with Crippen molar-refractivity contribution in [3.8, 4) is 0 Å². The summed E-state index contributed by atoms with van der Waals surface area (Å²) < 4.78 is 21.4. The summed E-state index contributed by atoms with van der Waals surface area (Å²) in [7, 11) is 2.03. The van der Waals surface area contributed by atoms with Crippen LogP contribution in [0, 0.1) is 12.8 Å². The molecule has 1 atom stereocenters. The highest BCUT2D eigenvalue weighted by molar-refractivity contribution is 6.11. The number of alkyl carbamates (subject to hydrolysis) is 1. The van der Waals surface area contributed by atoms with E-state index in [2.05, 4.69) is 16.0 Å². The van der Waals surface area contributed by atoms with Gasteiger partial charge in [-0.25, -0.2) is 14.2 Å². The Kier molecular flexibility index (Phi) is 9.66. The van der Waals surface area contributed by atoms with Crippen LogP contribution < -0.4 is 22.3 Å². The van der Waals surface area contributed by atoms with E-state index in [0.717, 1.165) is 40.8 Å². The van der Waals surface area contributed by atoms with Gasteiger partial charge in [0.25, 0.3) is 5.82 Å². The molecular formula is C28H37ClN4O6. The van der Waals surface area contributed by atoms with Crippen LogP contribution >= 0.6 is 0 Å². The fourth-order valence-electron chi connectivity index (χ4n) is 4.84. The normalized spacial score (nSPS) is 14.9. The third kappa shape index (κ3) is 7.11. The lowest BCUT2D eigenvalue weighted by atomic mass is 9.85. The van der Waals surface area contributed by atoms with Crippen molar-refractivity contribution in [2.45, 2.75) is 65.8 Å². The van der Waals surface area contributed by atoms with Gasteiger partial charge in [-0.3, -0.25) is 4.79 Å². The van der Waals surface area contributed by atoms with Crippen LogP contribution in [0.4, 0.5) is 9.59 Å². The van der Waals surface area contributed by atoms with Crippen molar-refractivity contribution in [2.24, 2.45) is 13.0 Å². The maximum absolute atomic E-state index is 13.5. The van der Waals surface area contributed by atoms with Crippen LogP contribution in [0.25, 0.3) is 10.9 Å². The summed E-state index contributed by atoms with van der Waals surface area (Å²) >= 11 is 0. The minimum Gasteiger partial charge on any atom is -1.00 e. The van der Waals surface area contributed by atoms with E-state index in [9.17, 15) is 14.4 Å². The fraction of sp³-hybridized carbons (Fsp3) is 0.500. The van der Waals surface area contributed by atoms with E-state index in [4.69, 9.17) is 14.2 Å². The molecule has 1 N–H and O–H groups in total. The molecule has 3 aromatic rings. The molecule has 0 aliphatic heterocycles. The number of rotatable bonds is 8. The van der Waals surface area contributed by atoms with Gasteiger partial charge in [0.15, 0.2) is 5.78 Å². The highest BCUT2D eigenvalue weighted by Gasteiger charge is 2.34. The number of aromatic nitrogens is 3. The molecule has 1 unspecified atom stereocenters. The Hall–Kier alpha value is -3.53. The lowest BCUT2D eigenvalue weighted by Gasteiger charge is -2.21. The van der Waals surface area contributed by atoms with Gasteiger partial charge < -0.3 is 36.5 Å². The molecule has 212 valence electrons. The van der Waals surface area contributed by atoms with Gasteiger partial charge in [-0.2, -0.15) is 4.57 Å². The van der Waals surface area contributed by atoms with Crippen molar-refractivity contribution < 1.29 is 45.6 Å². The Bertz CT molecular complexity index is 1340. The first-order valence-corrected chi connectivity index (χ1v) is 13.0. The second-order valence-corrected chi connectivity index (χ2v) is 10.6. The molecular weight excluding hydrogens is 524 g/mol. The number of halogens is 1. The zero-order valence-electron chi connectivity index (χ0n) is 23.2. The molecule has 1 aromatic carbocycles. The third-order valence-corrected chi connectivity index (χ3v) is 6.78. The van der Waals surface area contributed by atoms with Crippen molar-refractivity contribution in [3.63, 3.8) is 0 Å². The second-order valence-electron chi connectivity index (χ2n) is 10.6. The van der Waals surface area contributed by atoms with Crippen LogP contribution in [0.15, 0.2) is 36.7 Å². The van der Waals surface area contributed by atoms with Crippen molar-refractivity contribution in [2.75, 3.05) is 13.2 Å². The number of carbonyl (C=O) groups is 3. The van der Waals surface area contributed by atoms with Crippen molar-refractivity contribution >= 4 is 28.9 Å². The van der Waals surface area contributed by atoms with E-state index >= 15 is 0 Å². The van der Waals surface area contributed by atoms with Crippen LogP contribution in [0.3, 0.4) is 0 Å². The number of hydrogen-bond donors (Lipinski definition) is 1. The average Bonchev–Trinajstić information content (AvgIpc) is 3.35. The van der Waals surface area contributed by atoms with Gasteiger partial charge in [0.2, 0.25) is 6.73 Å². The molecule has 4 rings (SSSR count). The Morgan fingerprint density at radius 3 is 2.67 bits per heavy atom. The molecule has 1 aliphatic carbocycles. The molecule has 10 nitrogen and oxygen atoms in total. The number of benzene rings is 1. The maximum Gasteiger partial charge on any atom is 0.511 e. The monoisotopic (exact) mass is 560 g/mol. The number of imidazole rings is 1. The highest BCUT2D eigenvalue weighted by atomic mass is 35.5. The Balaban J connectivity index is 0.00000420. The number of ketones is 1. The SMILES string of the molecule is Cc1n(CC2CCc3c(c4ccccc4n3C)C2=O)cc[n+]1COC(=O)OCCCNC(=O)OC(C)(C)C.[Cl-]. The van der Waals surface area contributed by atoms with Gasteiger partial charge in [-0.1, -0.05) is 18.2 Å². The molecule has 1 amide bonds. The van der Waals surface area contributed by atoms with Gasteiger partial charge in [0.05, 0.1) is 12.5 Å². The number of Topliss-reactive ketones (excluding diaryl/α,β-unsaturated/α-hetero) is 1. The molecule has 11 heteroatoms. The molecule has 1 aliphatic rings. The van der Waals surface area contributed by atoms with E-state index in [-0.39, 0.29) is 37.4 Å². The number of nitrogens with one attached hydrogen (secondary N) is 1.